The van der Waals surface area contributed by atoms with E-state index in [-0.39, 0.29) is 0 Å². The van der Waals surface area contributed by atoms with Gasteiger partial charge in [0.15, 0.2) is 0 Å². The molecule has 98 valence electrons. The van der Waals surface area contributed by atoms with Gasteiger partial charge in [-0.25, -0.2) is 0 Å². The maximum absolute atomic E-state index is 9.55. The lowest BCUT2D eigenvalue weighted by Crippen LogP contribution is -2.25. The molecule has 1 aromatic rings. The van der Waals surface area contributed by atoms with Crippen LogP contribution in [0.4, 0.5) is 0 Å². The third-order valence-corrected chi connectivity index (χ3v) is 4.81. The standard InChI is InChI=1S/C16H23NO/c1-11(2)13-7-8-17(10-13)16-6-3-12-9-14(18)4-5-15(12)16/h4-5,9,11,13,16,18H,3,6-8,10H2,1-2H3. The molecule has 0 bridgehead atoms. The van der Waals surface area contributed by atoms with Crippen molar-refractivity contribution in [3.05, 3.63) is 29.3 Å². The second-order valence-corrected chi connectivity index (χ2v) is 6.23. The summed E-state index contributed by atoms with van der Waals surface area (Å²) in [5.41, 5.74) is 2.81. The number of phenolic OH excluding ortho intramolecular Hbond substituents is 1. The third-order valence-electron chi connectivity index (χ3n) is 4.81. The molecule has 18 heavy (non-hydrogen) atoms. The van der Waals surface area contributed by atoms with Crippen LogP contribution < -0.4 is 0 Å². The number of nitrogens with zero attached hydrogens (tertiary/aromatic N) is 1. The first-order valence-corrected chi connectivity index (χ1v) is 7.21. The van der Waals surface area contributed by atoms with Crippen molar-refractivity contribution in [2.75, 3.05) is 13.1 Å². The van der Waals surface area contributed by atoms with Gasteiger partial charge in [-0.3, -0.25) is 4.90 Å². The summed E-state index contributed by atoms with van der Waals surface area (Å²) in [5, 5.41) is 9.55. The molecule has 2 aliphatic rings. The van der Waals surface area contributed by atoms with E-state index in [1.807, 2.05) is 12.1 Å². The first-order valence-electron chi connectivity index (χ1n) is 7.21. The predicted molar refractivity (Wildman–Crippen MR) is 73.7 cm³/mol. The number of rotatable bonds is 2. The van der Waals surface area contributed by atoms with Gasteiger partial charge in [0.25, 0.3) is 0 Å². The van der Waals surface area contributed by atoms with E-state index >= 15 is 0 Å². The van der Waals surface area contributed by atoms with Gasteiger partial charge < -0.3 is 5.11 Å². The summed E-state index contributed by atoms with van der Waals surface area (Å²) in [4.78, 5) is 2.66. The van der Waals surface area contributed by atoms with Crippen molar-refractivity contribution in [2.45, 2.75) is 39.2 Å². The molecule has 1 fully saturated rings. The van der Waals surface area contributed by atoms with E-state index in [1.54, 1.807) is 0 Å². The van der Waals surface area contributed by atoms with Crippen LogP contribution in [0.15, 0.2) is 18.2 Å². The van der Waals surface area contributed by atoms with Gasteiger partial charge in [-0.1, -0.05) is 19.9 Å². The van der Waals surface area contributed by atoms with Crippen molar-refractivity contribution in [3.63, 3.8) is 0 Å². The summed E-state index contributed by atoms with van der Waals surface area (Å²) in [5.74, 6) is 2.08. The lowest BCUT2D eigenvalue weighted by Gasteiger charge is -2.25. The molecule has 0 aromatic heterocycles. The number of likely N-dealkylation sites (tertiary alicyclic amines) is 1. The van der Waals surface area contributed by atoms with Crippen LogP contribution in [0.1, 0.15) is 43.9 Å². The van der Waals surface area contributed by atoms with Crippen LogP contribution in [0.2, 0.25) is 0 Å². The Morgan fingerprint density at radius 1 is 1.28 bits per heavy atom. The average molecular weight is 245 g/mol. The highest BCUT2D eigenvalue weighted by molar-refractivity contribution is 5.40. The molecule has 1 aliphatic heterocycles. The molecule has 1 aromatic carbocycles. The van der Waals surface area contributed by atoms with Crippen LogP contribution in [-0.4, -0.2) is 23.1 Å². The summed E-state index contributed by atoms with van der Waals surface area (Å²) in [6.45, 7) is 7.18. The van der Waals surface area contributed by atoms with Crippen molar-refractivity contribution >= 4 is 0 Å². The Hall–Kier alpha value is -1.02. The predicted octanol–water partition coefficient (Wildman–Crippen LogP) is 3.36. The molecule has 1 N–H and O–H groups in total. The number of hydrogen-bond donors (Lipinski definition) is 1. The lowest BCUT2D eigenvalue weighted by molar-refractivity contribution is 0.227. The molecule has 2 heteroatoms. The Morgan fingerprint density at radius 2 is 2.11 bits per heavy atom. The highest BCUT2D eigenvalue weighted by atomic mass is 16.3. The number of benzene rings is 1. The van der Waals surface area contributed by atoms with Crippen molar-refractivity contribution in [2.24, 2.45) is 11.8 Å². The highest BCUT2D eigenvalue weighted by Crippen LogP contribution is 2.40. The van der Waals surface area contributed by atoms with Crippen LogP contribution >= 0.6 is 0 Å². The van der Waals surface area contributed by atoms with Gasteiger partial charge in [-0.2, -0.15) is 0 Å². The molecule has 1 heterocycles. The van der Waals surface area contributed by atoms with Crippen molar-refractivity contribution in [1.82, 2.24) is 4.90 Å². The highest BCUT2D eigenvalue weighted by Gasteiger charge is 2.33. The van der Waals surface area contributed by atoms with Crippen LogP contribution in [0.25, 0.3) is 0 Å². The van der Waals surface area contributed by atoms with Gasteiger partial charge in [0, 0.05) is 12.6 Å². The third kappa shape index (κ3) is 2.03. The Morgan fingerprint density at radius 3 is 2.83 bits per heavy atom. The fraction of sp³-hybridized carbons (Fsp3) is 0.625. The van der Waals surface area contributed by atoms with E-state index in [9.17, 15) is 5.11 Å². The number of hydrogen-bond acceptors (Lipinski definition) is 2. The largest absolute Gasteiger partial charge is 0.508 e. The Balaban J connectivity index is 1.77. The molecule has 3 rings (SSSR count). The normalized spacial score (nSPS) is 27.9. The summed E-state index contributed by atoms with van der Waals surface area (Å²) in [6, 6.07) is 6.52. The van der Waals surface area contributed by atoms with Gasteiger partial charge in [-0.15, -0.1) is 0 Å². The van der Waals surface area contributed by atoms with Gasteiger partial charge >= 0.3 is 0 Å². The van der Waals surface area contributed by atoms with E-state index in [1.165, 1.54) is 37.1 Å². The van der Waals surface area contributed by atoms with E-state index in [0.29, 0.717) is 11.8 Å². The molecular formula is C16H23NO. The van der Waals surface area contributed by atoms with Crippen molar-refractivity contribution < 1.29 is 5.11 Å². The Bertz CT molecular complexity index is 441. The van der Waals surface area contributed by atoms with Gasteiger partial charge in [-0.05, 0) is 60.9 Å². The average Bonchev–Trinajstić information content (AvgIpc) is 2.92. The molecule has 2 unspecified atom stereocenters. The minimum atomic E-state index is 0.413. The Labute approximate surface area is 110 Å². The number of phenols is 1. The van der Waals surface area contributed by atoms with E-state index in [2.05, 4.69) is 24.8 Å². The zero-order valence-corrected chi connectivity index (χ0v) is 11.4. The second-order valence-electron chi connectivity index (χ2n) is 6.23. The molecule has 0 saturated carbocycles. The first-order chi connectivity index (χ1) is 8.65. The Kier molecular flexibility index (Phi) is 3.06. The lowest BCUT2D eigenvalue weighted by atomic mass is 9.95. The van der Waals surface area contributed by atoms with E-state index in [0.717, 1.165) is 18.3 Å². The van der Waals surface area contributed by atoms with Crippen molar-refractivity contribution in [3.8, 4) is 5.75 Å². The molecule has 2 nitrogen and oxygen atoms in total. The molecule has 0 spiro atoms. The van der Waals surface area contributed by atoms with Crippen LogP contribution in [-0.2, 0) is 6.42 Å². The monoisotopic (exact) mass is 245 g/mol. The van der Waals surface area contributed by atoms with Crippen LogP contribution in [0.5, 0.6) is 5.75 Å². The minimum Gasteiger partial charge on any atom is -0.508 e. The molecular weight excluding hydrogens is 222 g/mol. The van der Waals surface area contributed by atoms with Gasteiger partial charge in [0.1, 0.15) is 5.75 Å². The second kappa shape index (κ2) is 4.58. The molecule has 1 saturated heterocycles. The summed E-state index contributed by atoms with van der Waals surface area (Å²) in [6.07, 6.45) is 3.70. The maximum Gasteiger partial charge on any atom is 0.115 e. The maximum atomic E-state index is 9.55. The minimum absolute atomic E-state index is 0.413. The number of aromatic hydroxyl groups is 1. The molecule has 2 atom stereocenters. The van der Waals surface area contributed by atoms with Crippen LogP contribution in [0, 0.1) is 11.8 Å². The number of fused-ring (bicyclic) bond motifs is 1. The van der Waals surface area contributed by atoms with E-state index in [4.69, 9.17) is 0 Å². The van der Waals surface area contributed by atoms with Crippen molar-refractivity contribution in [1.29, 1.82) is 0 Å². The van der Waals surface area contributed by atoms with Crippen LogP contribution in [0.3, 0.4) is 0 Å². The van der Waals surface area contributed by atoms with Gasteiger partial charge in [0.2, 0.25) is 0 Å². The summed E-state index contributed by atoms with van der Waals surface area (Å²) < 4.78 is 0. The zero-order valence-electron chi connectivity index (χ0n) is 11.4. The number of aryl methyl sites for hydroxylation is 1. The SMILES string of the molecule is CC(C)C1CCN(C2CCc3cc(O)ccc32)C1. The first kappa shape index (κ1) is 12.0. The smallest absolute Gasteiger partial charge is 0.115 e. The molecule has 0 radical (unpaired) electrons. The summed E-state index contributed by atoms with van der Waals surface area (Å²) in [7, 11) is 0. The topological polar surface area (TPSA) is 23.5 Å². The van der Waals surface area contributed by atoms with E-state index < -0.39 is 0 Å². The fourth-order valence-electron chi connectivity index (χ4n) is 3.60. The van der Waals surface area contributed by atoms with Gasteiger partial charge in [0.05, 0.1) is 0 Å². The summed E-state index contributed by atoms with van der Waals surface area (Å²) >= 11 is 0. The molecule has 0 amide bonds. The molecule has 1 aliphatic carbocycles. The zero-order chi connectivity index (χ0) is 12.7. The quantitative estimate of drug-likeness (QED) is 0.863. The fourth-order valence-corrected chi connectivity index (χ4v) is 3.60.